The topological polar surface area (TPSA) is 299 Å². The van der Waals surface area contributed by atoms with Gasteiger partial charge in [0, 0.05) is 85.1 Å². The number of aliphatic hydroxyl groups excluding tert-OH is 1. The molecule has 15 rings (SSSR count). The second kappa shape index (κ2) is 31.9. The number of piperidine rings is 6. The minimum absolute atomic E-state index is 0.0482. The number of carbonyl (C=O) groups excluding carboxylic acids is 3. The first-order valence-corrected chi connectivity index (χ1v) is 37.1. The third kappa shape index (κ3) is 15.5. The fraction of sp³-hybridized carbons (Fsp3) is 0.595. The fourth-order valence-corrected chi connectivity index (χ4v) is 15.9. The number of aromatic hydroxyl groups is 1. The highest BCUT2D eigenvalue weighted by atomic mass is 19.1. The Kier molecular flexibility index (Phi) is 22.6. The van der Waals surface area contributed by atoms with E-state index in [1.54, 1.807) is 41.8 Å². The van der Waals surface area contributed by atoms with Gasteiger partial charge in [0.15, 0.2) is 29.8 Å². The molecule has 6 aliphatic heterocycles. The zero-order valence-electron chi connectivity index (χ0n) is 61.0. The molecular formula is C74H97F3N18O9. The van der Waals surface area contributed by atoms with Crippen molar-refractivity contribution in [3.63, 3.8) is 0 Å². The van der Waals surface area contributed by atoms with E-state index >= 15 is 8.78 Å². The molecule has 3 N–H and O–H groups in total. The molecular weight excluding hydrogens is 1340 g/mol. The van der Waals surface area contributed by atoms with Gasteiger partial charge in [0.1, 0.15) is 23.2 Å². The van der Waals surface area contributed by atoms with E-state index in [1.165, 1.54) is 39.9 Å². The van der Waals surface area contributed by atoms with E-state index in [-0.39, 0.29) is 83.0 Å². The fourth-order valence-electron chi connectivity index (χ4n) is 15.9. The number of halogens is 3. The normalized spacial score (nSPS) is 18.7. The van der Waals surface area contributed by atoms with Gasteiger partial charge in [-0.15, -0.1) is 0 Å². The van der Waals surface area contributed by atoms with Crippen LogP contribution >= 0.6 is 0 Å². The van der Waals surface area contributed by atoms with Crippen LogP contribution < -0.4 is 5.32 Å². The van der Waals surface area contributed by atoms with Crippen molar-refractivity contribution in [2.75, 3.05) is 91.8 Å². The largest absolute Gasteiger partial charge is 0.505 e. The van der Waals surface area contributed by atoms with E-state index in [4.69, 9.17) is 23.4 Å². The minimum Gasteiger partial charge on any atom is -0.505 e. The summed E-state index contributed by atoms with van der Waals surface area (Å²) in [4.78, 5) is 59.8. The summed E-state index contributed by atoms with van der Waals surface area (Å²) in [6.07, 6.45) is 11.6. The van der Waals surface area contributed by atoms with Crippen LogP contribution in [0.3, 0.4) is 0 Å². The average Bonchev–Trinajstić information content (AvgIpc) is 1.62. The number of amides is 2. The highest BCUT2D eigenvalue weighted by Crippen LogP contribution is 2.38. The van der Waals surface area contributed by atoms with E-state index < -0.39 is 24.1 Å². The van der Waals surface area contributed by atoms with Crippen LogP contribution in [0.25, 0.3) is 50.6 Å². The van der Waals surface area contributed by atoms with Crippen LogP contribution in [0.5, 0.6) is 5.75 Å². The Morgan fingerprint density at radius 3 is 1.17 bits per heavy atom. The number of rotatable bonds is 15. The Morgan fingerprint density at radius 2 is 0.827 bits per heavy atom. The third-order valence-electron chi connectivity index (χ3n) is 22.0. The zero-order valence-corrected chi connectivity index (χ0v) is 61.0. The molecule has 0 aliphatic carbocycles. The van der Waals surface area contributed by atoms with Crippen LogP contribution in [0.4, 0.5) is 13.2 Å². The molecule has 0 atom stereocenters. The van der Waals surface area contributed by atoms with Crippen molar-refractivity contribution < 1.29 is 56.1 Å². The number of fused-ring (bicyclic) bond motifs is 3. The maximum atomic E-state index is 15.1. The van der Waals surface area contributed by atoms with E-state index in [0.29, 0.717) is 101 Å². The van der Waals surface area contributed by atoms with Crippen molar-refractivity contribution in [2.24, 2.45) is 0 Å². The highest BCUT2D eigenvalue weighted by Gasteiger charge is 2.37. The number of hydrogen-bond donors (Lipinski definition) is 3. The lowest BCUT2D eigenvalue weighted by atomic mass is 9.93. The molecule has 6 aromatic heterocycles. The van der Waals surface area contributed by atoms with E-state index in [0.717, 1.165) is 139 Å². The number of ether oxygens (including phenoxy) is 1. The smallest absolute Gasteiger partial charge is 0.303 e. The number of aryl methyl sites for hydroxylation is 2. The summed E-state index contributed by atoms with van der Waals surface area (Å²) in [5.41, 5.74) is 4.42. The van der Waals surface area contributed by atoms with Gasteiger partial charge < -0.3 is 58.3 Å². The summed E-state index contributed by atoms with van der Waals surface area (Å²) in [5, 5.41) is 50.9. The zero-order chi connectivity index (χ0) is 73.2. The predicted octanol–water partition coefficient (Wildman–Crippen LogP) is 10.2. The van der Waals surface area contributed by atoms with Gasteiger partial charge in [-0.05, 0) is 200 Å². The molecule has 9 aromatic rings. The van der Waals surface area contributed by atoms with Gasteiger partial charge in [-0.3, -0.25) is 14.4 Å². The number of benzene rings is 3. The molecule has 558 valence electrons. The quantitative estimate of drug-likeness (QED) is 0.0804. The Hall–Kier alpha value is -8.71. The lowest BCUT2D eigenvalue weighted by Gasteiger charge is -2.41. The highest BCUT2D eigenvalue weighted by molar-refractivity contribution is 5.87. The van der Waals surface area contributed by atoms with Crippen molar-refractivity contribution >= 4 is 50.5 Å². The number of hydrogen-bond acceptors (Lipinski definition) is 22. The van der Waals surface area contributed by atoms with Crippen LogP contribution in [0.2, 0.25) is 0 Å². The van der Waals surface area contributed by atoms with Gasteiger partial charge in [0.25, 0.3) is 23.8 Å². The van der Waals surface area contributed by atoms with Crippen molar-refractivity contribution in [1.29, 1.82) is 0 Å². The summed E-state index contributed by atoms with van der Waals surface area (Å²) < 4.78 is 71.1. The summed E-state index contributed by atoms with van der Waals surface area (Å²) in [5.74, 6) is 0.695. The number of nitrogens with one attached hydrogen (secondary N) is 1. The van der Waals surface area contributed by atoms with Crippen LogP contribution in [-0.2, 0) is 19.1 Å². The van der Waals surface area contributed by atoms with Gasteiger partial charge >= 0.3 is 5.97 Å². The van der Waals surface area contributed by atoms with Crippen molar-refractivity contribution in [1.82, 2.24) is 89.6 Å². The van der Waals surface area contributed by atoms with Crippen molar-refractivity contribution in [2.45, 2.75) is 193 Å². The number of likely N-dealkylation sites (tertiary alicyclic amines) is 5. The molecule has 27 nitrogen and oxygen atoms in total. The van der Waals surface area contributed by atoms with Crippen LogP contribution in [-0.4, -0.2) is 222 Å². The average molecular weight is 1440 g/mol. The van der Waals surface area contributed by atoms with Crippen LogP contribution in [0.1, 0.15) is 207 Å². The number of nitrogens with zero attached hydrogens (tertiary/aromatic N) is 17. The molecule has 6 saturated heterocycles. The van der Waals surface area contributed by atoms with Crippen LogP contribution in [0, 0.1) is 31.3 Å². The molecule has 104 heavy (non-hydrogen) atoms. The number of phenolic OH excluding ortho intramolecular Hbond substituents is 1. The molecule has 3 aromatic carbocycles. The molecule has 12 heterocycles. The van der Waals surface area contributed by atoms with E-state index in [9.17, 15) is 23.9 Å². The maximum absolute atomic E-state index is 15.1. The van der Waals surface area contributed by atoms with Gasteiger partial charge in [-0.1, -0.05) is 65.8 Å². The van der Waals surface area contributed by atoms with Gasteiger partial charge in [-0.25, -0.2) is 13.2 Å². The monoisotopic (exact) mass is 1440 g/mol. The molecule has 6 fully saturated rings. The van der Waals surface area contributed by atoms with Gasteiger partial charge in [0.2, 0.25) is 23.6 Å². The number of carbonyl (C=O) groups is 3. The molecule has 0 bridgehead atoms. The lowest BCUT2D eigenvalue weighted by molar-refractivity contribution is -0.151. The predicted molar refractivity (Wildman–Crippen MR) is 380 cm³/mol. The van der Waals surface area contributed by atoms with Gasteiger partial charge in [-0.2, -0.15) is 44.3 Å². The first-order valence-electron chi connectivity index (χ1n) is 37.1. The number of phenols is 1. The van der Waals surface area contributed by atoms with Crippen molar-refractivity contribution in [3.05, 3.63) is 99.7 Å². The summed E-state index contributed by atoms with van der Waals surface area (Å²) >= 11 is 0. The Bertz CT molecular complexity index is 4470. The first-order chi connectivity index (χ1) is 50.1. The lowest BCUT2D eigenvalue weighted by Crippen LogP contribution is -2.49. The molecule has 0 spiro atoms. The van der Waals surface area contributed by atoms with E-state index in [2.05, 4.69) is 79.6 Å². The first kappa shape index (κ1) is 73.6. The third-order valence-corrected chi connectivity index (χ3v) is 22.0. The number of aliphatic hydroxyl groups is 1. The van der Waals surface area contributed by atoms with Gasteiger partial charge in [0.05, 0.1) is 17.1 Å². The summed E-state index contributed by atoms with van der Waals surface area (Å²) in [6, 6.07) is 11.9. The molecule has 0 radical (unpaired) electrons. The molecule has 0 unspecified atom stereocenters. The SMILES string of the molecule is CC(=O)OCC(=O)N1CCC(N2CCC(c3nc(-n4nc(C(C)C)c5ccc(C)c(F)c54)no3)CC2)CC1.CC(C)c1nn(-c2noc(C3CCN(C4CCN(C(=O)CO)CC4)CC3)n2)c2c(F)c(O)ccc12.Cc1ccc2c(C(C)C)nn(-c3noc(C4CCN(C5CCNCC5)CC4)n3)c2c1F. The molecule has 30 heteroatoms. The standard InChI is InChI=1S/C27H35FN6O4.C24H31FN6O4.C23H31FN6O/c1-16(2)24-21-6-5-17(3)23(28)25(21)34(30-24)27-29-26(38-31-27)19-7-11-32(12-8-19)20-9-13-33(14-10-20)22(36)15-37-18(4)35;1-14(2)21-17-3-4-18(33)20(25)22(17)31(27-21)24-26-23(35-28-24)15-5-9-29(10-6-15)16-7-11-30(12-8-16)19(34)13-32;1-14(2)20-18-5-4-15(3)19(24)21(18)30(27-20)23-26-22(31-28-23)16-8-12-29(13-9-16)17-6-10-25-11-7-17/h5-6,16,19-20H,7-15H2,1-4H3;3-4,14-16,32-33H,5-13H2,1-2H3;4-5,14,16-17,25H,6-13H2,1-3H3. The summed E-state index contributed by atoms with van der Waals surface area (Å²) in [6.45, 7) is 27.0. The van der Waals surface area contributed by atoms with Crippen molar-refractivity contribution in [3.8, 4) is 23.6 Å². The Morgan fingerprint density at radius 1 is 0.490 bits per heavy atom. The van der Waals surface area contributed by atoms with Crippen LogP contribution in [0.15, 0.2) is 50.0 Å². The van der Waals surface area contributed by atoms with E-state index in [1.807, 2.05) is 39.8 Å². The maximum Gasteiger partial charge on any atom is 0.303 e. The molecule has 2 amide bonds. The minimum atomic E-state index is -0.756. The second-order valence-corrected chi connectivity index (χ2v) is 29.7. The second-order valence-electron chi connectivity index (χ2n) is 29.7. The number of aromatic nitrogens is 12. The number of esters is 1. The Labute approximate surface area is 601 Å². The Balaban J connectivity index is 0.000000139. The molecule has 6 aliphatic rings. The molecule has 0 saturated carbocycles. The summed E-state index contributed by atoms with van der Waals surface area (Å²) in [7, 11) is 0.